The van der Waals surface area contributed by atoms with Crippen LogP contribution in [-0.2, 0) is 78.9 Å². The van der Waals surface area contributed by atoms with E-state index in [1.807, 2.05) is 136 Å². The summed E-state index contributed by atoms with van der Waals surface area (Å²) in [6.45, 7) is 22.1. The maximum atomic E-state index is 13.1. The molecule has 13 rings (SSSR count). The summed E-state index contributed by atoms with van der Waals surface area (Å²) in [5, 5.41) is 48.6. The van der Waals surface area contributed by atoms with Crippen LogP contribution in [0.15, 0.2) is 229 Å². The van der Waals surface area contributed by atoms with Gasteiger partial charge in [-0.15, -0.1) is 36.6 Å². The molecule has 0 aliphatic rings. The summed E-state index contributed by atoms with van der Waals surface area (Å²) in [5.74, 6) is 2.84. The van der Waals surface area contributed by atoms with Crippen LogP contribution >= 0.6 is 128 Å². The van der Waals surface area contributed by atoms with E-state index in [0.717, 1.165) is 133 Å². The number of hydrogen-bond donors (Lipinski definition) is 5. The number of carbonyl (C=O) groups is 4. The number of nitrogens with two attached hydrogens (primary N) is 1. The Kier molecular flexibility index (Phi) is 63.5. The molecule has 4 aromatic heterocycles. The number of phenolic OH excluding ortho intramolecular Hbond substituents is 1. The number of halogens is 8. The Bertz CT molecular complexity index is 5770. The predicted octanol–water partition coefficient (Wildman–Crippen LogP) is 18.1. The zero-order chi connectivity index (χ0) is 94.0. The summed E-state index contributed by atoms with van der Waals surface area (Å²) in [6, 6.07) is 51.5. The summed E-state index contributed by atoms with van der Waals surface area (Å²) in [5.41, 5.74) is 20.3. The molecule has 36 heteroatoms. The van der Waals surface area contributed by atoms with Gasteiger partial charge >= 0.3 is 116 Å². The second-order valence-corrected chi connectivity index (χ2v) is 37.9. The molecule has 2 unspecified atom stereocenters. The monoisotopic (exact) mass is 2280 g/mol. The van der Waals surface area contributed by atoms with Crippen molar-refractivity contribution in [1.29, 1.82) is 0 Å². The van der Waals surface area contributed by atoms with Gasteiger partial charge in [-0.05, 0) is 274 Å². The normalized spacial score (nSPS) is 10.9. The number of aliphatic hydroxyl groups is 1. The molecule has 131 heavy (non-hydrogen) atoms. The molecule has 0 spiro atoms. The molecule has 0 aliphatic carbocycles. The van der Waals surface area contributed by atoms with Crippen LogP contribution in [0.4, 0.5) is 4.39 Å². The van der Waals surface area contributed by atoms with Gasteiger partial charge < -0.3 is 74.2 Å². The molecule has 0 radical (unpaired) electrons. The quantitative estimate of drug-likeness (QED) is 0.00797. The average Bonchev–Trinajstić information content (AvgIpc) is 1.71. The second kappa shape index (κ2) is 66.8. The third kappa shape index (κ3) is 41.9. The maximum absolute atomic E-state index is 13.1. The molecule has 21 nitrogen and oxygen atoms in total. The molecular weight excluding hydrogens is 2180 g/mol. The summed E-state index contributed by atoms with van der Waals surface area (Å²) in [7, 11) is -3.41. The van der Waals surface area contributed by atoms with Gasteiger partial charge in [0.15, 0.2) is 12.6 Å². The van der Waals surface area contributed by atoms with Gasteiger partial charge in [0.1, 0.15) is 71.0 Å². The third-order valence-corrected chi connectivity index (χ3v) is 25.8. The van der Waals surface area contributed by atoms with E-state index in [4.69, 9.17) is 67.6 Å². The van der Waals surface area contributed by atoms with Gasteiger partial charge in [0.25, 0.3) is 6.47 Å². The standard InChI is InChI=1S/C22H23BrO4.C22H23BrO3S2.C19H17BrO3.C10H12O2.C9H6Br2O.C7H9BFNO2.C3H8OS2.C2H6O.CH2O3.2ClH.2K.H/c1-4-25-21(24)12-17-6-5-16(14(2)3)11-20(17)27-13-15-9-18-7-8-26-22(18)19(23)10-15;1-14(2)16-5-6-17(12-21(27-3)28(4)24)20(11-16)26-13-15-9-18-7-8-25-22(18)19(23)10-15;1-12(2)14-3-4-16(10-21)18(9-14)23-11-13-7-15-5-6-22-19(15)17(20)8-13;1-7(2)8-3-4-9(6-11)10(12)5-8;10-5-6-3-7-1-2-12-9(7)8(11)4-6;9-7-5(4-10)2-1-3-6(7)8(11)12;1-5-3-6(2)4;1-2-3;2-1-4-3;;;;;/h5-11,14H,4,12-13H2,1-3H3;5-12,14H,13H2,1-4H3;3-10,12H,11H2,1-2H3;3-7,12H,1-2H3;1-4H,5H2;1-3,11-12H,4,10H2;3H2,1-2H3;3H,2H2,1H3;1,3H;2*1H;;;/q;;;;;;;;;;;2*+1;-1/p-1/b;21-12+;;;;;;;;;;;;. The van der Waals surface area contributed by atoms with Gasteiger partial charge in [-0.2, -0.15) is 11.8 Å². The van der Waals surface area contributed by atoms with Crippen LogP contribution in [0.25, 0.3) is 50.0 Å². The fourth-order valence-corrected chi connectivity index (χ4v) is 17.2. The molecule has 0 saturated carbocycles. The van der Waals surface area contributed by atoms with Gasteiger partial charge in [-0.25, -0.2) is 4.39 Å². The van der Waals surface area contributed by atoms with Crippen molar-refractivity contribution in [3.63, 3.8) is 0 Å². The first-order valence-electron chi connectivity index (χ1n) is 39.6. The van der Waals surface area contributed by atoms with E-state index in [9.17, 15) is 32.3 Å². The zero-order valence-corrected chi connectivity index (χ0v) is 94.6. The van der Waals surface area contributed by atoms with Crippen molar-refractivity contribution in [2.75, 3.05) is 43.3 Å². The van der Waals surface area contributed by atoms with Gasteiger partial charge in [0, 0.05) is 85.5 Å². The Labute approximate surface area is 920 Å². The Morgan fingerprint density at radius 1 is 0.557 bits per heavy atom. The summed E-state index contributed by atoms with van der Waals surface area (Å²) in [4.78, 5) is 44.7. The summed E-state index contributed by atoms with van der Waals surface area (Å²) < 4.78 is 84.7. The first-order chi connectivity index (χ1) is 60.7. The van der Waals surface area contributed by atoms with Gasteiger partial charge in [-0.1, -0.05) is 126 Å². The van der Waals surface area contributed by atoms with Crippen molar-refractivity contribution in [3.8, 4) is 23.0 Å². The van der Waals surface area contributed by atoms with E-state index in [1.165, 1.54) is 46.7 Å². The topological polar surface area (TPSA) is 331 Å². The number of fused-ring (bicyclic) bond motifs is 4. The predicted molar refractivity (Wildman–Crippen MR) is 544 cm³/mol. The Morgan fingerprint density at radius 3 is 1.26 bits per heavy atom. The van der Waals surface area contributed by atoms with E-state index < -0.39 is 34.5 Å². The number of esters is 1. The molecule has 0 amide bonds. The number of aromatic hydroxyl groups is 1. The fourth-order valence-electron chi connectivity index (χ4n) is 11.6. The van der Waals surface area contributed by atoms with Crippen molar-refractivity contribution in [3.05, 3.63) is 289 Å². The molecule has 4 heterocycles. The van der Waals surface area contributed by atoms with Crippen LogP contribution in [0.2, 0.25) is 0 Å². The molecule has 0 aliphatic heterocycles. The number of furan rings is 4. The smallest absolute Gasteiger partial charge is 1.00 e. The Balaban J connectivity index is 0.00000155. The number of hydrogen-bond acceptors (Lipinski definition) is 23. The molecule has 0 bridgehead atoms. The van der Waals surface area contributed by atoms with Crippen LogP contribution in [0.1, 0.15) is 176 Å². The number of aldehydes is 2. The van der Waals surface area contributed by atoms with Crippen LogP contribution in [0, 0.1) is 5.82 Å². The molecular formula is C95H108BBr5Cl2FK2NO20S4. The average molecular weight is 2290 g/mol. The van der Waals surface area contributed by atoms with Crippen molar-refractivity contribution in [1.82, 2.24) is 0 Å². The number of rotatable bonds is 27. The summed E-state index contributed by atoms with van der Waals surface area (Å²) in [6.07, 6.45) is 17.6. The molecule has 0 saturated heterocycles. The van der Waals surface area contributed by atoms with Crippen LogP contribution in [0.5, 0.6) is 23.0 Å². The van der Waals surface area contributed by atoms with Crippen molar-refractivity contribution in [2.45, 2.75) is 131 Å². The first kappa shape index (κ1) is 124. The number of carbonyl (C=O) groups excluding carboxylic acids is 4. The molecule has 2 atom stereocenters. The minimum Gasteiger partial charge on any atom is -1.00 e. The molecule has 698 valence electrons. The van der Waals surface area contributed by atoms with Crippen molar-refractivity contribution >= 4 is 237 Å². The van der Waals surface area contributed by atoms with Crippen LogP contribution < -0.4 is 133 Å². The van der Waals surface area contributed by atoms with Gasteiger partial charge in [0.05, 0.1) is 87.2 Å². The zero-order valence-electron chi connectivity index (χ0n) is 76.6. The third-order valence-electron chi connectivity index (χ3n) is 18.1. The number of alkyl halides is 1. The van der Waals surface area contributed by atoms with Crippen molar-refractivity contribution in [2.24, 2.45) is 5.73 Å². The largest absolute Gasteiger partial charge is 1.00 e. The minimum absolute atomic E-state index is 0. The number of thioether (sulfide) groups is 2. The Hall–Kier alpha value is -4.59. The molecule has 13 aromatic rings. The van der Waals surface area contributed by atoms with E-state index in [0.29, 0.717) is 73.3 Å². The Morgan fingerprint density at radius 2 is 0.924 bits per heavy atom. The number of benzene rings is 9. The van der Waals surface area contributed by atoms with E-state index in [2.05, 4.69) is 156 Å². The van der Waals surface area contributed by atoms with Crippen LogP contribution in [0.3, 0.4) is 0 Å². The molecule has 9 aromatic carbocycles. The fraction of sp³-hybridized carbons (Fsp3) is 0.284. The van der Waals surface area contributed by atoms with E-state index in [1.54, 1.807) is 75.3 Å². The van der Waals surface area contributed by atoms with E-state index in [-0.39, 0.29) is 178 Å². The first-order valence-corrected chi connectivity index (χ1v) is 49.8. The number of phenols is 1. The van der Waals surface area contributed by atoms with Crippen molar-refractivity contribution < 1.29 is 203 Å². The van der Waals surface area contributed by atoms with E-state index >= 15 is 0 Å². The second-order valence-electron chi connectivity index (χ2n) is 28.8. The maximum Gasteiger partial charge on any atom is 1.00 e. The van der Waals surface area contributed by atoms with Crippen LogP contribution in [-0.4, -0.2) is 104 Å². The minimum atomic E-state index is -1.78. The number of ether oxygens (including phenoxy) is 4. The SMILES string of the molecule is BrCc1cc(Br)c2occc2c1.CC(C)c1ccc(C=O)c(O)c1.CC(C)c1ccc(C=O)c(OCc2cc(Br)c3occc3c2)c1.CCO.CCOC(=O)Cc1ccc(C(C)C)cc1OCc1cc(Br)c2occc2c1.CS/C(=C\c1ccc(C(C)C)cc1OCc1cc(Br)c2occc2c1)S(C)=O.CSCS(C)=O.Cl.Cl.NCc1cccc(B(O)O)c1F.O=CO[O-].[H-].[K+].[K+]. The molecule has 6 N–H and O–H groups in total. The summed E-state index contributed by atoms with van der Waals surface area (Å²) >= 11 is 20.6. The van der Waals surface area contributed by atoms with Gasteiger partial charge in [0.2, 0.25) is 0 Å². The van der Waals surface area contributed by atoms with Gasteiger partial charge in [-0.3, -0.25) is 27.6 Å². The molecule has 0 fully saturated rings. The number of aliphatic hydroxyl groups excluding tert-OH is 1.